The van der Waals surface area contributed by atoms with E-state index in [1.807, 2.05) is 0 Å². The molecular weight excluding hydrogens is 517 g/mol. The molecule has 0 bridgehead atoms. The van der Waals surface area contributed by atoms with Gasteiger partial charge < -0.3 is 19.7 Å². The second-order valence-corrected chi connectivity index (χ2v) is 8.38. The lowest BCUT2D eigenvalue weighted by molar-refractivity contribution is -0.385. The molecule has 2 aliphatic heterocycles. The van der Waals surface area contributed by atoms with Crippen LogP contribution in [0.1, 0.15) is 0 Å². The molecule has 0 radical (unpaired) electrons. The van der Waals surface area contributed by atoms with Crippen molar-refractivity contribution in [1.29, 1.82) is 0 Å². The second kappa shape index (κ2) is 10.9. The highest BCUT2D eigenvalue weighted by Gasteiger charge is 2.34. The van der Waals surface area contributed by atoms with Gasteiger partial charge in [0.15, 0.2) is 17.5 Å². The van der Waals surface area contributed by atoms with Gasteiger partial charge in [0, 0.05) is 31.0 Å². The van der Waals surface area contributed by atoms with E-state index in [1.54, 1.807) is 0 Å². The molecule has 2 aliphatic rings. The summed E-state index contributed by atoms with van der Waals surface area (Å²) in [6.45, 7) is 0.321. The number of nitrogens with one attached hydrogen (secondary N) is 1. The number of hydrazone groups is 1. The van der Waals surface area contributed by atoms with Crippen LogP contribution in [-0.4, -0.2) is 68.3 Å². The molecule has 0 aromatic heterocycles. The highest BCUT2D eigenvalue weighted by atomic mass is 32.1. The number of nitro benzene ring substituents is 1. The van der Waals surface area contributed by atoms with Gasteiger partial charge in [-0.25, -0.2) is 18.0 Å². The summed E-state index contributed by atoms with van der Waals surface area (Å²) in [7, 11) is 1.39. The smallest absolute Gasteiger partial charge is 0.414 e. The van der Waals surface area contributed by atoms with Crippen LogP contribution in [-0.2, 0) is 9.47 Å². The summed E-state index contributed by atoms with van der Waals surface area (Å²) in [4.78, 5) is 24.9. The first-order valence-corrected chi connectivity index (χ1v) is 11.4. The number of methoxy groups -OCH3 is 1. The molecule has 1 fully saturated rings. The molecule has 0 unspecified atom stereocenters. The van der Waals surface area contributed by atoms with Crippen molar-refractivity contribution in [3.63, 3.8) is 0 Å². The molecule has 1 saturated heterocycles. The Labute approximate surface area is 214 Å². The number of carbonyl (C=O) groups is 1. The average molecular weight is 539 g/mol. The van der Waals surface area contributed by atoms with Crippen LogP contribution in [0.5, 0.6) is 0 Å². The average Bonchev–Trinajstić information content (AvgIpc) is 3.07. The minimum absolute atomic E-state index is 0.0111. The van der Waals surface area contributed by atoms with E-state index in [1.165, 1.54) is 29.3 Å². The normalized spacial score (nSPS) is 17.5. The van der Waals surface area contributed by atoms with E-state index in [9.17, 15) is 19.3 Å². The number of thiocarbonyl (C=S) groups is 1. The summed E-state index contributed by atoms with van der Waals surface area (Å²) >= 11 is 4.87. The van der Waals surface area contributed by atoms with Gasteiger partial charge in [0.05, 0.1) is 55.7 Å². The highest BCUT2D eigenvalue weighted by molar-refractivity contribution is 7.80. The molecule has 0 aliphatic carbocycles. The fraction of sp³-hybridized carbons (Fsp3) is 0.318. The van der Waals surface area contributed by atoms with Crippen LogP contribution in [0.25, 0.3) is 0 Å². The summed E-state index contributed by atoms with van der Waals surface area (Å²) in [5, 5.41) is 19.1. The van der Waals surface area contributed by atoms with E-state index in [-0.39, 0.29) is 55.0 Å². The molecule has 2 aromatic rings. The Hall–Kier alpha value is -4.14. The van der Waals surface area contributed by atoms with Crippen LogP contribution < -0.4 is 20.1 Å². The number of rotatable bonds is 6. The number of halogens is 3. The zero-order valence-corrected chi connectivity index (χ0v) is 20.2. The Morgan fingerprint density at radius 3 is 2.62 bits per heavy atom. The van der Waals surface area contributed by atoms with Crippen LogP contribution in [0.4, 0.5) is 40.7 Å². The maximum atomic E-state index is 15.1. The zero-order chi connectivity index (χ0) is 26.7. The van der Waals surface area contributed by atoms with Gasteiger partial charge >= 0.3 is 6.09 Å². The number of hydrogen-bond donors (Lipinski definition) is 1. The second-order valence-electron chi connectivity index (χ2n) is 8.01. The third kappa shape index (κ3) is 5.66. The van der Waals surface area contributed by atoms with Crippen molar-refractivity contribution in [2.75, 3.05) is 54.6 Å². The number of ether oxygens (including phenoxy) is 2. The first-order valence-electron chi connectivity index (χ1n) is 11.0. The molecule has 2 aromatic carbocycles. The van der Waals surface area contributed by atoms with E-state index < -0.39 is 40.3 Å². The number of benzene rings is 2. The molecule has 11 nitrogen and oxygen atoms in total. The summed E-state index contributed by atoms with van der Waals surface area (Å²) in [5.41, 5.74) is -0.771. The van der Waals surface area contributed by atoms with Gasteiger partial charge in [-0.1, -0.05) is 0 Å². The fourth-order valence-corrected chi connectivity index (χ4v) is 4.00. The number of amides is 1. The lowest BCUT2D eigenvalue weighted by Crippen LogP contribution is -2.34. The van der Waals surface area contributed by atoms with Crippen molar-refractivity contribution in [3.8, 4) is 0 Å². The Morgan fingerprint density at radius 2 is 1.97 bits per heavy atom. The lowest BCUT2D eigenvalue weighted by atomic mass is 10.2. The van der Waals surface area contributed by atoms with Crippen LogP contribution in [0.2, 0.25) is 0 Å². The number of carbonyl (C=O) groups excluding carboxylic acids is 1. The van der Waals surface area contributed by atoms with Crippen molar-refractivity contribution in [1.82, 2.24) is 5.32 Å². The SMILES string of the molecule is COC(=S)NC[C@H]1CN(c2cc(F)c(N3CC=NN(c4ccc([N+](=O)[O-])cc4F)CC3)c(F)c2)C(=O)O1. The van der Waals surface area contributed by atoms with Gasteiger partial charge in [0.25, 0.3) is 10.9 Å². The van der Waals surface area contributed by atoms with Crippen LogP contribution in [0.15, 0.2) is 35.4 Å². The Morgan fingerprint density at radius 1 is 1.24 bits per heavy atom. The summed E-state index contributed by atoms with van der Waals surface area (Å²) in [5.74, 6) is -2.67. The molecule has 37 heavy (non-hydrogen) atoms. The number of nitrogens with zero attached hydrogens (tertiary/aromatic N) is 5. The number of hydrogen-bond acceptors (Lipinski definition) is 9. The fourth-order valence-electron chi connectivity index (χ4n) is 3.92. The Balaban J connectivity index is 1.46. The molecule has 1 N–H and O–H groups in total. The third-order valence-electron chi connectivity index (χ3n) is 5.69. The van der Waals surface area contributed by atoms with Gasteiger partial charge in [-0.3, -0.25) is 20.0 Å². The molecular formula is C22H21F3N6O5S. The lowest BCUT2D eigenvalue weighted by Gasteiger charge is -2.25. The molecule has 1 atom stereocenters. The van der Waals surface area contributed by atoms with Gasteiger partial charge in [-0.2, -0.15) is 5.10 Å². The molecule has 196 valence electrons. The van der Waals surface area contributed by atoms with E-state index in [0.717, 1.165) is 29.2 Å². The number of non-ortho nitro benzene ring substituents is 1. The van der Waals surface area contributed by atoms with Gasteiger partial charge in [-0.15, -0.1) is 0 Å². The molecule has 2 heterocycles. The Kier molecular flexibility index (Phi) is 7.61. The van der Waals surface area contributed by atoms with E-state index in [0.29, 0.717) is 0 Å². The number of anilines is 3. The molecule has 1 amide bonds. The number of cyclic esters (lactones) is 1. The Bertz CT molecular complexity index is 1240. The largest absolute Gasteiger partial charge is 0.474 e. The van der Waals surface area contributed by atoms with Crippen molar-refractivity contribution in [2.24, 2.45) is 5.10 Å². The summed E-state index contributed by atoms with van der Waals surface area (Å²) in [6, 6.07) is 5.21. The van der Waals surface area contributed by atoms with Gasteiger partial charge in [0.1, 0.15) is 11.8 Å². The van der Waals surface area contributed by atoms with Gasteiger partial charge in [-0.05, 0) is 18.3 Å². The molecule has 15 heteroatoms. The van der Waals surface area contributed by atoms with Gasteiger partial charge in [0.2, 0.25) is 0 Å². The summed E-state index contributed by atoms with van der Waals surface area (Å²) in [6.07, 6.45) is -0.0241. The predicted molar refractivity (Wildman–Crippen MR) is 133 cm³/mol. The van der Waals surface area contributed by atoms with E-state index in [2.05, 4.69) is 10.4 Å². The summed E-state index contributed by atoms with van der Waals surface area (Å²) < 4.78 is 54.7. The van der Waals surface area contributed by atoms with E-state index >= 15 is 8.78 Å². The maximum Gasteiger partial charge on any atom is 0.414 e. The van der Waals surface area contributed by atoms with Crippen LogP contribution in [0, 0.1) is 27.6 Å². The standard InChI is InChI=1S/C22H21F3N6O5S/c1-35-21(37)26-11-15-12-29(22(32)36-15)14-9-17(24)20(18(25)10-14)28-5-4-27-30(7-6-28)19-3-2-13(31(33)34)8-16(19)23/h2-4,8-10,15H,5-7,11-12H2,1H3,(H,26,37)/t15-/m0/s1. The predicted octanol–water partition coefficient (Wildman–Crippen LogP) is 3.17. The van der Waals surface area contributed by atoms with Crippen molar-refractivity contribution in [3.05, 3.63) is 57.9 Å². The van der Waals surface area contributed by atoms with Crippen molar-refractivity contribution >= 4 is 52.4 Å². The van der Waals surface area contributed by atoms with Crippen LogP contribution in [0.3, 0.4) is 0 Å². The topological polar surface area (TPSA) is 113 Å². The zero-order valence-electron chi connectivity index (χ0n) is 19.4. The molecule has 4 rings (SSSR count). The molecule has 0 saturated carbocycles. The highest BCUT2D eigenvalue weighted by Crippen LogP contribution is 2.32. The van der Waals surface area contributed by atoms with Crippen LogP contribution >= 0.6 is 12.2 Å². The van der Waals surface area contributed by atoms with Crippen molar-refractivity contribution in [2.45, 2.75) is 6.10 Å². The maximum absolute atomic E-state index is 15.1. The van der Waals surface area contributed by atoms with Crippen molar-refractivity contribution < 1.29 is 32.4 Å². The first-order chi connectivity index (χ1) is 17.7. The monoisotopic (exact) mass is 538 g/mol. The minimum Gasteiger partial charge on any atom is -0.474 e. The minimum atomic E-state index is -0.909. The molecule has 0 spiro atoms. The quantitative estimate of drug-likeness (QED) is 0.337. The third-order valence-corrected chi connectivity index (χ3v) is 6.00. The first kappa shape index (κ1) is 25.9. The number of nitro groups is 1. The van der Waals surface area contributed by atoms with E-state index in [4.69, 9.17) is 21.7 Å².